The van der Waals surface area contributed by atoms with E-state index in [1.54, 1.807) is 5.06 Å². The van der Waals surface area contributed by atoms with E-state index >= 15 is 0 Å². The molecule has 0 aromatic heterocycles. The van der Waals surface area contributed by atoms with E-state index in [-0.39, 0.29) is 5.54 Å². The fourth-order valence-electron chi connectivity index (χ4n) is 3.15. The fourth-order valence-corrected chi connectivity index (χ4v) is 3.15. The molecule has 1 unspecified atom stereocenters. The molecule has 0 saturated carbocycles. The van der Waals surface area contributed by atoms with Crippen molar-refractivity contribution in [1.82, 2.24) is 5.06 Å². The molecule has 3 rings (SSSR count). The van der Waals surface area contributed by atoms with E-state index in [2.05, 4.69) is 0 Å². The van der Waals surface area contributed by atoms with Crippen molar-refractivity contribution in [3.8, 4) is 0 Å². The lowest BCUT2D eigenvalue weighted by molar-refractivity contribution is -0.208. The third-order valence-electron chi connectivity index (χ3n) is 4.25. The molecule has 2 aliphatic rings. The molecule has 1 aromatic rings. The minimum atomic E-state index is -0.887. The predicted octanol–water partition coefficient (Wildman–Crippen LogP) is 2.73. The molecule has 0 N–H and O–H groups in total. The number of carbonyl (C=O) groups is 1. The average Bonchev–Trinajstić information content (AvgIpc) is 3.01. The highest BCUT2D eigenvalue weighted by Crippen LogP contribution is 2.51. The number of benzene rings is 1. The third-order valence-corrected chi connectivity index (χ3v) is 4.25. The number of hydrogen-bond acceptors (Lipinski definition) is 5. The van der Waals surface area contributed by atoms with Crippen LogP contribution in [0.25, 0.3) is 5.76 Å². The molecule has 1 fully saturated rings. The van der Waals surface area contributed by atoms with E-state index < -0.39 is 11.7 Å². The van der Waals surface area contributed by atoms with Gasteiger partial charge in [-0.15, -0.1) is 0 Å². The predicted molar refractivity (Wildman–Crippen MR) is 81.4 cm³/mol. The lowest BCUT2D eigenvalue weighted by atomic mass is 9.95. The minimum absolute atomic E-state index is 0.328. The summed E-state index contributed by atoms with van der Waals surface area (Å²) in [4.78, 5) is 18.6. The van der Waals surface area contributed by atoms with Crippen LogP contribution in [0.15, 0.2) is 35.9 Å². The Hall–Kier alpha value is -1.85. The smallest absolute Gasteiger partial charge is 0.342 e. The highest BCUT2D eigenvalue weighted by molar-refractivity contribution is 5.99. The first-order valence-corrected chi connectivity index (χ1v) is 7.47. The minimum Gasteiger partial charge on any atom is -0.465 e. The van der Waals surface area contributed by atoms with Crippen LogP contribution >= 0.6 is 0 Å². The second-order valence-electron chi connectivity index (χ2n) is 6.19. The Balaban J connectivity index is 2.18. The monoisotopic (exact) mass is 303 g/mol. The maximum absolute atomic E-state index is 12.4. The van der Waals surface area contributed by atoms with Gasteiger partial charge in [-0.1, -0.05) is 42.3 Å². The lowest BCUT2D eigenvalue weighted by Gasteiger charge is -2.34. The molecule has 1 aromatic carbocycles. The summed E-state index contributed by atoms with van der Waals surface area (Å²) in [5, 5.41) is 1.80. The molecule has 0 bridgehead atoms. The van der Waals surface area contributed by atoms with Crippen LogP contribution in [0.3, 0.4) is 0 Å². The normalized spacial score (nSPS) is 26.7. The van der Waals surface area contributed by atoms with Crippen LogP contribution in [0.2, 0.25) is 0 Å². The van der Waals surface area contributed by atoms with Gasteiger partial charge in [0.25, 0.3) is 0 Å². The van der Waals surface area contributed by atoms with Gasteiger partial charge < -0.3 is 14.3 Å². The molecule has 118 valence electrons. The summed E-state index contributed by atoms with van der Waals surface area (Å²) in [6.45, 7) is 6.54. The Bertz CT molecular complexity index is 623. The van der Waals surface area contributed by atoms with Crippen molar-refractivity contribution in [2.45, 2.75) is 38.5 Å². The summed E-state index contributed by atoms with van der Waals surface area (Å²) in [6, 6.07) is 9.57. The number of rotatable bonds is 3. The van der Waals surface area contributed by atoms with E-state index in [4.69, 9.17) is 14.3 Å². The summed E-state index contributed by atoms with van der Waals surface area (Å²) in [7, 11) is 1.38. The van der Waals surface area contributed by atoms with Gasteiger partial charge in [0.05, 0.1) is 19.3 Å². The maximum atomic E-state index is 12.4. The fraction of sp³-hybridized carbons (Fsp3) is 0.471. The number of esters is 1. The van der Waals surface area contributed by atoms with Gasteiger partial charge in [-0.3, -0.25) is 0 Å². The standard InChI is InChI=1S/C17H21NO4/c1-5-17-13(15(19)20-4)14(12-9-7-6-8-10-12)22-18(17)16(2,3)11-21-17/h6-10H,5,11H2,1-4H3. The van der Waals surface area contributed by atoms with Crippen molar-refractivity contribution in [2.75, 3.05) is 13.7 Å². The van der Waals surface area contributed by atoms with Gasteiger partial charge in [-0.2, -0.15) is 0 Å². The van der Waals surface area contributed by atoms with Crippen LogP contribution in [0.5, 0.6) is 0 Å². The Kier molecular flexibility index (Phi) is 3.50. The summed E-state index contributed by atoms with van der Waals surface area (Å²) in [6.07, 6.45) is 0.594. The van der Waals surface area contributed by atoms with Gasteiger partial charge in [-0.25, -0.2) is 4.79 Å². The largest absolute Gasteiger partial charge is 0.465 e. The summed E-state index contributed by atoms with van der Waals surface area (Å²) in [5.74, 6) is 0.1000. The van der Waals surface area contributed by atoms with E-state index in [1.165, 1.54) is 7.11 Å². The summed E-state index contributed by atoms with van der Waals surface area (Å²) in [5.41, 5.74) is 0.0620. The first-order chi connectivity index (χ1) is 10.5. The molecule has 5 nitrogen and oxygen atoms in total. The van der Waals surface area contributed by atoms with E-state index in [9.17, 15) is 4.79 Å². The zero-order valence-corrected chi connectivity index (χ0v) is 13.4. The Morgan fingerprint density at radius 3 is 2.59 bits per heavy atom. The van der Waals surface area contributed by atoms with Gasteiger partial charge >= 0.3 is 5.97 Å². The van der Waals surface area contributed by atoms with Gasteiger partial charge in [0.2, 0.25) is 0 Å². The highest BCUT2D eigenvalue weighted by Gasteiger charge is 2.62. The van der Waals surface area contributed by atoms with Crippen molar-refractivity contribution >= 4 is 11.7 Å². The zero-order chi connectivity index (χ0) is 16.0. The molecular weight excluding hydrogens is 282 g/mol. The molecule has 0 radical (unpaired) electrons. The number of nitrogens with zero attached hydrogens (tertiary/aromatic N) is 1. The van der Waals surface area contributed by atoms with Gasteiger partial charge in [-0.05, 0) is 20.3 Å². The van der Waals surface area contributed by atoms with Crippen molar-refractivity contribution in [1.29, 1.82) is 0 Å². The Labute approximate surface area is 130 Å². The number of ether oxygens (including phenoxy) is 2. The SMILES string of the molecule is CCC12OCC(C)(C)N1OC(c1ccccc1)=C2C(=O)OC. The van der Waals surface area contributed by atoms with Crippen LogP contribution < -0.4 is 0 Å². The summed E-state index contributed by atoms with van der Waals surface area (Å²) < 4.78 is 11.1. The van der Waals surface area contributed by atoms with Crippen LogP contribution in [-0.4, -0.2) is 36.0 Å². The topological polar surface area (TPSA) is 48.0 Å². The summed E-state index contributed by atoms with van der Waals surface area (Å²) >= 11 is 0. The highest BCUT2D eigenvalue weighted by atomic mass is 16.8. The second-order valence-corrected chi connectivity index (χ2v) is 6.19. The molecule has 1 saturated heterocycles. The molecule has 0 spiro atoms. The second kappa shape index (κ2) is 5.11. The molecule has 2 heterocycles. The number of fused-ring (bicyclic) bond motifs is 1. The van der Waals surface area contributed by atoms with Crippen LogP contribution in [0, 0.1) is 0 Å². The molecule has 1 atom stereocenters. The molecule has 5 heteroatoms. The first-order valence-electron chi connectivity index (χ1n) is 7.47. The molecule has 22 heavy (non-hydrogen) atoms. The Morgan fingerprint density at radius 1 is 1.32 bits per heavy atom. The van der Waals surface area contributed by atoms with Crippen LogP contribution in [0.1, 0.15) is 32.8 Å². The van der Waals surface area contributed by atoms with Crippen molar-refractivity contribution < 1.29 is 19.1 Å². The maximum Gasteiger partial charge on any atom is 0.342 e. The van der Waals surface area contributed by atoms with E-state index in [0.29, 0.717) is 24.4 Å². The van der Waals surface area contributed by atoms with Gasteiger partial charge in [0.15, 0.2) is 11.5 Å². The molecule has 0 amide bonds. The molecular formula is C17H21NO4. The molecule has 0 aliphatic carbocycles. The first kappa shape index (κ1) is 15.1. The van der Waals surface area contributed by atoms with E-state index in [1.807, 2.05) is 51.1 Å². The number of hydrogen-bond donors (Lipinski definition) is 0. The van der Waals surface area contributed by atoms with Crippen molar-refractivity contribution in [2.24, 2.45) is 0 Å². The number of hydroxylamine groups is 2. The third kappa shape index (κ3) is 1.96. The van der Waals surface area contributed by atoms with Crippen LogP contribution in [0.4, 0.5) is 0 Å². The average molecular weight is 303 g/mol. The van der Waals surface area contributed by atoms with Gasteiger partial charge in [0.1, 0.15) is 5.57 Å². The number of methoxy groups -OCH3 is 1. The van der Waals surface area contributed by atoms with Crippen LogP contribution in [-0.2, 0) is 19.1 Å². The van der Waals surface area contributed by atoms with Crippen molar-refractivity contribution in [3.05, 3.63) is 41.5 Å². The van der Waals surface area contributed by atoms with E-state index in [0.717, 1.165) is 5.56 Å². The van der Waals surface area contributed by atoms with Gasteiger partial charge in [0, 0.05) is 5.56 Å². The number of carbonyl (C=O) groups excluding carboxylic acids is 1. The quantitative estimate of drug-likeness (QED) is 0.804. The zero-order valence-electron chi connectivity index (χ0n) is 13.4. The lowest BCUT2D eigenvalue weighted by Crippen LogP contribution is -2.50. The molecule has 2 aliphatic heterocycles. The Morgan fingerprint density at radius 2 is 2.00 bits per heavy atom. The van der Waals surface area contributed by atoms with Crippen molar-refractivity contribution in [3.63, 3.8) is 0 Å².